The normalized spacial score (nSPS) is 9.94. The van der Waals surface area contributed by atoms with Crippen LogP contribution >= 0.6 is 0 Å². The highest BCUT2D eigenvalue weighted by Crippen LogP contribution is 2.19. The van der Waals surface area contributed by atoms with Crippen LogP contribution in [0.1, 0.15) is 5.56 Å². The molecule has 0 spiro atoms. The van der Waals surface area contributed by atoms with Crippen LogP contribution in [0.3, 0.4) is 0 Å². The zero-order chi connectivity index (χ0) is 12.1. The van der Waals surface area contributed by atoms with Gasteiger partial charge in [-0.15, -0.1) is 0 Å². The predicted octanol–water partition coefficient (Wildman–Crippen LogP) is 2.25. The molecule has 2 rings (SSSR count). The van der Waals surface area contributed by atoms with Crippen molar-refractivity contribution in [3.63, 3.8) is 0 Å². The van der Waals surface area contributed by atoms with E-state index in [9.17, 15) is 0 Å². The van der Waals surface area contributed by atoms with Gasteiger partial charge in [0.1, 0.15) is 23.9 Å². The number of rotatable bonds is 4. The molecule has 2 N–H and O–H groups in total. The quantitative estimate of drug-likeness (QED) is 0.875. The van der Waals surface area contributed by atoms with E-state index in [4.69, 9.17) is 15.2 Å². The van der Waals surface area contributed by atoms with Crippen LogP contribution in [0.4, 0.5) is 5.82 Å². The van der Waals surface area contributed by atoms with Crippen molar-refractivity contribution in [2.45, 2.75) is 6.61 Å². The summed E-state index contributed by atoms with van der Waals surface area (Å²) < 4.78 is 10.7. The summed E-state index contributed by atoms with van der Waals surface area (Å²) in [6.07, 6.45) is 1.70. The third kappa shape index (κ3) is 3.11. The largest absolute Gasteiger partial charge is 0.497 e. The van der Waals surface area contributed by atoms with Gasteiger partial charge in [0.2, 0.25) is 0 Å². The molecule has 0 aliphatic heterocycles. The van der Waals surface area contributed by atoms with Crippen LogP contribution in [0.15, 0.2) is 42.6 Å². The third-order valence-electron chi connectivity index (χ3n) is 2.29. The van der Waals surface area contributed by atoms with Crippen molar-refractivity contribution in [3.8, 4) is 11.5 Å². The number of nitrogens with two attached hydrogens (primary N) is 1. The second kappa shape index (κ2) is 5.21. The van der Waals surface area contributed by atoms with Crippen molar-refractivity contribution in [2.75, 3.05) is 12.8 Å². The fourth-order valence-corrected chi connectivity index (χ4v) is 1.38. The van der Waals surface area contributed by atoms with Gasteiger partial charge in [0, 0.05) is 17.8 Å². The second-order valence-electron chi connectivity index (χ2n) is 3.56. The first-order valence-corrected chi connectivity index (χ1v) is 5.25. The predicted molar refractivity (Wildman–Crippen MR) is 66.0 cm³/mol. The molecule has 2 aromatic rings. The molecule has 1 aromatic heterocycles. The number of aromatic nitrogens is 1. The summed E-state index contributed by atoms with van der Waals surface area (Å²) >= 11 is 0. The molecule has 0 atom stereocenters. The Morgan fingerprint density at radius 1 is 1.18 bits per heavy atom. The minimum atomic E-state index is 0.459. The van der Waals surface area contributed by atoms with Gasteiger partial charge >= 0.3 is 0 Å². The Kier molecular flexibility index (Phi) is 3.45. The van der Waals surface area contributed by atoms with Crippen LogP contribution in [-0.2, 0) is 6.61 Å². The number of anilines is 1. The summed E-state index contributed by atoms with van der Waals surface area (Å²) in [5.41, 5.74) is 6.48. The number of pyridine rings is 1. The molecule has 88 valence electrons. The second-order valence-corrected chi connectivity index (χ2v) is 3.56. The van der Waals surface area contributed by atoms with E-state index in [1.807, 2.05) is 30.3 Å². The Hall–Kier alpha value is -2.23. The van der Waals surface area contributed by atoms with Crippen LogP contribution in [0, 0.1) is 0 Å². The van der Waals surface area contributed by atoms with Gasteiger partial charge in [0.05, 0.1) is 7.11 Å². The van der Waals surface area contributed by atoms with E-state index in [1.54, 1.807) is 19.4 Å². The minimum Gasteiger partial charge on any atom is -0.497 e. The summed E-state index contributed by atoms with van der Waals surface area (Å²) in [6, 6.07) is 11.1. The van der Waals surface area contributed by atoms with Crippen molar-refractivity contribution in [3.05, 3.63) is 48.2 Å². The molecule has 0 saturated heterocycles. The first kappa shape index (κ1) is 11.3. The van der Waals surface area contributed by atoms with Gasteiger partial charge in [-0.1, -0.05) is 12.1 Å². The van der Waals surface area contributed by atoms with E-state index in [1.165, 1.54) is 0 Å². The molecule has 0 fully saturated rings. The lowest BCUT2D eigenvalue weighted by molar-refractivity contribution is 0.303. The molecule has 4 heteroatoms. The summed E-state index contributed by atoms with van der Waals surface area (Å²) in [5, 5.41) is 0. The highest BCUT2D eigenvalue weighted by Gasteiger charge is 1.98. The minimum absolute atomic E-state index is 0.459. The Balaban J connectivity index is 1.99. The Labute approximate surface area is 100 Å². The number of hydrogen-bond acceptors (Lipinski definition) is 4. The average molecular weight is 230 g/mol. The first-order chi connectivity index (χ1) is 8.28. The Bertz CT molecular complexity index is 483. The summed E-state index contributed by atoms with van der Waals surface area (Å²) in [7, 11) is 1.63. The van der Waals surface area contributed by atoms with Crippen LogP contribution in [0.25, 0.3) is 0 Å². The van der Waals surface area contributed by atoms with Crippen LogP contribution in [0.2, 0.25) is 0 Å². The van der Waals surface area contributed by atoms with Gasteiger partial charge in [-0.05, 0) is 18.2 Å². The van der Waals surface area contributed by atoms with Crippen LogP contribution in [0.5, 0.6) is 11.5 Å². The maximum absolute atomic E-state index is 5.61. The van der Waals surface area contributed by atoms with Crippen LogP contribution in [-0.4, -0.2) is 12.1 Å². The van der Waals surface area contributed by atoms with Crippen molar-refractivity contribution >= 4 is 5.82 Å². The SMILES string of the molecule is COc1cccc(OCc2ccc(N)nc2)c1. The molecule has 0 unspecified atom stereocenters. The smallest absolute Gasteiger partial charge is 0.123 e. The Morgan fingerprint density at radius 3 is 2.71 bits per heavy atom. The van der Waals surface area contributed by atoms with E-state index in [0.717, 1.165) is 17.1 Å². The van der Waals surface area contributed by atoms with Crippen molar-refractivity contribution in [1.82, 2.24) is 4.98 Å². The molecule has 1 aromatic carbocycles. The lowest BCUT2D eigenvalue weighted by atomic mass is 10.3. The van der Waals surface area contributed by atoms with E-state index < -0.39 is 0 Å². The molecule has 1 heterocycles. The highest BCUT2D eigenvalue weighted by molar-refractivity contribution is 5.33. The van der Waals surface area contributed by atoms with Gasteiger partial charge < -0.3 is 15.2 Å². The molecule has 0 saturated carbocycles. The zero-order valence-electron chi connectivity index (χ0n) is 9.59. The van der Waals surface area contributed by atoms with E-state index >= 15 is 0 Å². The summed E-state index contributed by atoms with van der Waals surface area (Å²) in [6.45, 7) is 0.459. The van der Waals surface area contributed by atoms with Gasteiger partial charge in [0.15, 0.2) is 0 Å². The maximum Gasteiger partial charge on any atom is 0.123 e. The molecule has 0 amide bonds. The zero-order valence-corrected chi connectivity index (χ0v) is 9.59. The van der Waals surface area contributed by atoms with Gasteiger partial charge in [0.25, 0.3) is 0 Å². The number of nitrogens with zero attached hydrogens (tertiary/aromatic N) is 1. The number of nitrogen functional groups attached to an aromatic ring is 1. The maximum atomic E-state index is 5.61. The fourth-order valence-electron chi connectivity index (χ4n) is 1.38. The van der Waals surface area contributed by atoms with Gasteiger partial charge in [-0.3, -0.25) is 0 Å². The van der Waals surface area contributed by atoms with Crippen molar-refractivity contribution in [2.24, 2.45) is 0 Å². The van der Waals surface area contributed by atoms with E-state index in [2.05, 4.69) is 4.98 Å². The lowest BCUT2D eigenvalue weighted by Crippen LogP contribution is -1.97. The number of hydrogen-bond donors (Lipinski definition) is 1. The molecular formula is C13H14N2O2. The van der Waals surface area contributed by atoms with E-state index in [0.29, 0.717) is 12.4 Å². The highest BCUT2D eigenvalue weighted by atomic mass is 16.5. The van der Waals surface area contributed by atoms with Crippen molar-refractivity contribution < 1.29 is 9.47 Å². The number of ether oxygens (including phenoxy) is 2. The average Bonchev–Trinajstić information content (AvgIpc) is 2.38. The summed E-state index contributed by atoms with van der Waals surface area (Å²) in [5.74, 6) is 2.05. The molecule has 17 heavy (non-hydrogen) atoms. The molecule has 4 nitrogen and oxygen atoms in total. The first-order valence-electron chi connectivity index (χ1n) is 5.25. The fraction of sp³-hybridized carbons (Fsp3) is 0.154. The molecular weight excluding hydrogens is 216 g/mol. The topological polar surface area (TPSA) is 57.4 Å². The monoisotopic (exact) mass is 230 g/mol. The standard InChI is InChI=1S/C13H14N2O2/c1-16-11-3-2-4-12(7-11)17-9-10-5-6-13(14)15-8-10/h2-8H,9H2,1H3,(H2,14,15). The third-order valence-corrected chi connectivity index (χ3v) is 2.29. The molecule has 0 radical (unpaired) electrons. The Morgan fingerprint density at radius 2 is 2.00 bits per heavy atom. The van der Waals surface area contributed by atoms with E-state index in [-0.39, 0.29) is 0 Å². The van der Waals surface area contributed by atoms with Gasteiger partial charge in [-0.25, -0.2) is 4.98 Å². The molecule has 0 bridgehead atoms. The van der Waals surface area contributed by atoms with Gasteiger partial charge in [-0.2, -0.15) is 0 Å². The molecule has 0 aliphatic carbocycles. The summed E-state index contributed by atoms with van der Waals surface area (Å²) in [4.78, 5) is 4.00. The van der Waals surface area contributed by atoms with Crippen LogP contribution < -0.4 is 15.2 Å². The van der Waals surface area contributed by atoms with Crippen molar-refractivity contribution in [1.29, 1.82) is 0 Å². The number of methoxy groups -OCH3 is 1. The lowest BCUT2D eigenvalue weighted by Gasteiger charge is -2.07. The number of benzene rings is 1. The molecule has 0 aliphatic rings.